The van der Waals surface area contributed by atoms with Gasteiger partial charge in [0.2, 0.25) is 0 Å². The van der Waals surface area contributed by atoms with Crippen LogP contribution in [0.2, 0.25) is 5.02 Å². The summed E-state index contributed by atoms with van der Waals surface area (Å²) in [5.41, 5.74) is 0.508. The van der Waals surface area contributed by atoms with Crippen molar-refractivity contribution in [3.05, 3.63) is 29.0 Å². The zero-order valence-corrected chi connectivity index (χ0v) is 12.4. The molecule has 0 saturated carbocycles. The summed E-state index contributed by atoms with van der Waals surface area (Å²) < 4.78 is 13.7. The molecule has 1 aromatic carbocycles. The maximum absolute atomic E-state index is 13.7. The highest BCUT2D eigenvalue weighted by atomic mass is 35.5. The minimum atomic E-state index is -0.239. The van der Waals surface area contributed by atoms with Gasteiger partial charge in [0.1, 0.15) is 5.82 Å². The molecule has 18 heavy (non-hydrogen) atoms. The van der Waals surface area contributed by atoms with E-state index in [2.05, 4.69) is 33.0 Å². The second kappa shape index (κ2) is 6.98. The second-order valence-electron chi connectivity index (χ2n) is 5.72. The van der Waals surface area contributed by atoms with Gasteiger partial charge in [0.05, 0.1) is 5.69 Å². The Morgan fingerprint density at radius 1 is 1.11 bits per heavy atom. The van der Waals surface area contributed by atoms with Gasteiger partial charge in [-0.05, 0) is 42.9 Å². The third-order valence-corrected chi connectivity index (χ3v) is 3.03. The Bertz CT molecular complexity index is 367. The minimum absolute atomic E-state index is 0.239. The Morgan fingerprint density at radius 3 is 2.17 bits per heavy atom. The normalized spacial score (nSPS) is 11.6. The van der Waals surface area contributed by atoms with Gasteiger partial charge in [-0.15, -0.1) is 0 Å². The van der Waals surface area contributed by atoms with Crippen LogP contribution in [-0.4, -0.2) is 6.04 Å². The highest BCUT2D eigenvalue weighted by Crippen LogP contribution is 2.23. The maximum atomic E-state index is 13.7. The standard InChI is InChI=1S/C15H23ClFN/c1-10(2)7-13(8-11(3)4)18-15-9-12(16)5-6-14(15)17/h5-6,9-11,13,18H,7-8H2,1-4H3. The van der Waals surface area contributed by atoms with Crippen LogP contribution >= 0.6 is 11.6 Å². The average molecular weight is 272 g/mol. The number of benzene rings is 1. The zero-order chi connectivity index (χ0) is 13.7. The summed E-state index contributed by atoms with van der Waals surface area (Å²) in [6.45, 7) is 8.74. The van der Waals surface area contributed by atoms with Gasteiger partial charge in [-0.25, -0.2) is 4.39 Å². The number of nitrogens with one attached hydrogen (secondary N) is 1. The van der Waals surface area contributed by atoms with E-state index in [-0.39, 0.29) is 11.9 Å². The molecule has 0 saturated heterocycles. The third kappa shape index (κ3) is 5.26. The van der Waals surface area contributed by atoms with Gasteiger partial charge in [-0.2, -0.15) is 0 Å². The van der Waals surface area contributed by atoms with Gasteiger partial charge < -0.3 is 5.32 Å². The SMILES string of the molecule is CC(C)CC(CC(C)C)Nc1cc(Cl)ccc1F. The van der Waals surface area contributed by atoms with E-state index in [0.29, 0.717) is 22.5 Å². The van der Waals surface area contributed by atoms with Crippen LogP contribution in [0.15, 0.2) is 18.2 Å². The van der Waals surface area contributed by atoms with E-state index in [1.807, 2.05) is 0 Å². The lowest BCUT2D eigenvalue weighted by molar-refractivity contribution is 0.440. The van der Waals surface area contributed by atoms with Gasteiger partial charge in [0, 0.05) is 11.1 Å². The topological polar surface area (TPSA) is 12.0 Å². The Morgan fingerprint density at radius 2 is 1.67 bits per heavy atom. The molecular weight excluding hydrogens is 249 g/mol. The van der Waals surface area contributed by atoms with Crippen LogP contribution in [0, 0.1) is 17.7 Å². The molecule has 0 bridgehead atoms. The molecule has 0 heterocycles. The van der Waals surface area contributed by atoms with Crippen molar-refractivity contribution in [2.75, 3.05) is 5.32 Å². The van der Waals surface area contributed by atoms with Gasteiger partial charge in [0.25, 0.3) is 0 Å². The predicted molar refractivity (Wildman–Crippen MR) is 77.7 cm³/mol. The number of anilines is 1. The first kappa shape index (κ1) is 15.3. The van der Waals surface area contributed by atoms with Crippen molar-refractivity contribution in [1.29, 1.82) is 0 Å². The summed E-state index contributed by atoms with van der Waals surface area (Å²) in [6.07, 6.45) is 2.06. The summed E-state index contributed by atoms with van der Waals surface area (Å²) in [5.74, 6) is 0.934. The fourth-order valence-electron chi connectivity index (χ4n) is 2.18. The Kier molecular flexibility index (Phi) is 5.94. The average Bonchev–Trinajstić information content (AvgIpc) is 2.21. The van der Waals surface area contributed by atoms with Crippen molar-refractivity contribution in [1.82, 2.24) is 0 Å². The minimum Gasteiger partial charge on any atom is -0.380 e. The molecule has 3 heteroatoms. The highest BCUT2D eigenvalue weighted by molar-refractivity contribution is 6.30. The summed E-state index contributed by atoms with van der Waals surface area (Å²) in [4.78, 5) is 0. The molecule has 0 atom stereocenters. The van der Waals surface area contributed by atoms with Crippen molar-refractivity contribution in [2.24, 2.45) is 11.8 Å². The van der Waals surface area contributed by atoms with Gasteiger partial charge in [-0.1, -0.05) is 39.3 Å². The molecule has 0 aromatic heterocycles. The van der Waals surface area contributed by atoms with Crippen LogP contribution in [0.5, 0.6) is 0 Å². The molecule has 102 valence electrons. The van der Waals surface area contributed by atoms with Crippen LogP contribution in [0.25, 0.3) is 0 Å². The molecule has 0 fully saturated rings. The van der Waals surface area contributed by atoms with E-state index in [1.165, 1.54) is 6.07 Å². The maximum Gasteiger partial charge on any atom is 0.146 e. The van der Waals surface area contributed by atoms with Crippen molar-refractivity contribution in [3.63, 3.8) is 0 Å². The largest absolute Gasteiger partial charge is 0.380 e. The quantitative estimate of drug-likeness (QED) is 0.735. The monoisotopic (exact) mass is 271 g/mol. The van der Waals surface area contributed by atoms with Crippen LogP contribution in [-0.2, 0) is 0 Å². The highest BCUT2D eigenvalue weighted by Gasteiger charge is 2.14. The summed E-state index contributed by atoms with van der Waals surface area (Å²) in [6, 6.07) is 4.93. The second-order valence-corrected chi connectivity index (χ2v) is 6.16. The summed E-state index contributed by atoms with van der Waals surface area (Å²) >= 11 is 5.91. The van der Waals surface area contributed by atoms with E-state index in [0.717, 1.165) is 12.8 Å². The van der Waals surface area contributed by atoms with Gasteiger partial charge >= 0.3 is 0 Å². The van der Waals surface area contributed by atoms with Crippen LogP contribution in [0.4, 0.5) is 10.1 Å². The zero-order valence-electron chi connectivity index (χ0n) is 11.6. The summed E-state index contributed by atoms with van der Waals surface area (Å²) in [5, 5.41) is 3.85. The molecule has 1 aromatic rings. The first-order valence-electron chi connectivity index (χ1n) is 6.60. The van der Waals surface area contributed by atoms with Crippen LogP contribution in [0.3, 0.4) is 0 Å². The van der Waals surface area contributed by atoms with Crippen LogP contribution < -0.4 is 5.32 Å². The van der Waals surface area contributed by atoms with Gasteiger partial charge in [0.15, 0.2) is 0 Å². The molecule has 0 aliphatic heterocycles. The number of halogens is 2. The smallest absolute Gasteiger partial charge is 0.146 e. The molecule has 0 aliphatic carbocycles. The van der Waals surface area contributed by atoms with E-state index in [4.69, 9.17) is 11.6 Å². The molecule has 0 aliphatic rings. The van der Waals surface area contributed by atoms with Crippen molar-refractivity contribution in [2.45, 2.75) is 46.6 Å². The van der Waals surface area contributed by atoms with Crippen LogP contribution in [0.1, 0.15) is 40.5 Å². The molecule has 0 radical (unpaired) electrons. The fraction of sp³-hybridized carbons (Fsp3) is 0.600. The van der Waals surface area contributed by atoms with Gasteiger partial charge in [-0.3, -0.25) is 0 Å². The van der Waals surface area contributed by atoms with E-state index >= 15 is 0 Å². The van der Waals surface area contributed by atoms with Crippen molar-refractivity contribution >= 4 is 17.3 Å². The molecule has 1 N–H and O–H groups in total. The van der Waals surface area contributed by atoms with E-state index < -0.39 is 0 Å². The molecular formula is C15H23ClFN. The molecule has 0 amide bonds. The Labute approximate surface area is 115 Å². The first-order valence-corrected chi connectivity index (χ1v) is 6.98. The molecule has 0 unspecified atom stereocenters. The molecule has 0 spiro atoms. The number of hydrogen-bond acceptors (Lipinski definition) is 1. The summed E-state index contributed by atoms with van der Waals surface area (Å²) in [7, 11) is 0. The first-order chi connectivity index (χ1) is 8.38. The van der Waals surface area contributed by atoms with E-state index in [9.17, 15) is 4.39 Å². The number of hydrogen-bond donors (Lipinski definition) is 1. The van der Waals surface area contributed by atoms with Crippen molar-refractivity contribution in [3.8, 4) is 0 Å². The molecule has 1 nitrogen and oxygen atoms in total. The van der Waals surface area contributed by atoms with E-state index in [1.54, 1.807) is 12.1 Å². The lowest BCUT2D eigenvalue weighted by Crippen LogP contribution is -2.24. The lowest BCUT2D eigenvalue weighted by Gasteiger charge is -2.24. The predicted octanol–water partition coefficient (Wildman–Crippen LogP) is 5.35. The Hall–Kier alpha value is -0.760. The lowest BCUT2D eigenvalue weighted by atomic mass is 9.95. The molecule has 1 rings (SSSR count). The Balaban J connectivity index is 2.77. The number of rotatable bonds is 6. The fourth-order valence-corrected chi connectivity index (χ4v) is 2.35. The van der Waals surface area contributed by atoms with Crippen molar-refractivity contribution < 1.29 is 4.39 Å². The third-order valence-electron chi connectivity index (χ3n) is 2.80.